The molecule has 9 heteroatoms. The lowest BCUT2D eigenvalue weighted by atomic mass is 9.99. The predicted molar refractivity (Wildman–Crippen MR) is 203 cm³/mol. The van der Waals surface area contributed by atoms with Crippen molar-refractivity contribution in [2.75, 3.05) is 13.2 Å². The van der Waals surface area contributed by atoms with E-state index in [1.165, 1.54) is 128 Å². The summed E-state index contributed by atoms with van der Waals surface area (Å²) in [6, 6.07) is -0.796. The Morgan fingerprint density at radius 2 is 1.10 bits per heavy atom. The third-order valence-electron chi connectivity index (χ3n) is 10.1. The third kappa shape index (κ3) is 23.5. The summed E-state index contributed by atoms with van der Waals surface area (Å²) in [5.74, 6) is -0.179. The predicted octanol–water partition coefficient (Wildman–Crippen LogP) is 7.78. The summed E-state index contributed by atoms with van der Waals surface area (Å²) in [6.45, 7) is 3.75. The number of carbonyl (C=O) groups excluding carboxylic acids is 1. The van der Waals surface area contributed by atoms with Crippen LogP contribution in [0.5, 0.6) is 0 Å². The molecule has 2 unspecified atom stereocenters. The fourth-order valence-corrected chi connectivity index (χ4v) is 6.68. The highest BCUT2D eigenvalue weighted by Crippen LogP contribution is 2.22. The molecule has 0 aromatic heterocycles. The topological polar surface area (TPSA) is 149 Å². The summed E-state index contributed by atoms with van der Waals surface area (Å²) in [5.41, 5.74) is 0. The van der Waals surface area contributed by atoms with Crippen LogP contribution >= 0.6 is 0 Å². The maximum Gasteiger partial charge on any atom is 0.220 e. The first-order chi connectivity index (χ1) is 24.3. The van der Waals surface area contributed by atoms with Gasteiger partial charge in [-0.3, -0.25) is 4.79 Å². The average molecular weight is 714 g/mol. The lowest BCUT2D eigenvalue weighted by Crippen LogP contribution is -2.60. The van der Waals surface area contributed by atoms with Gasteiger partial charge in [0.2, 0.25) is 5.91 Å². The van der Waals surface area contributed by atoms with E-state index in [2.05, 4.69) is 19.2 Å². The van der Waals surface area contributed by atoms with E-state index in [0.29, 0.717) is 6.42 Å². The van der Waals surface area contributed by atoms with Crippen molar-refractivity contribution in [3.8, 4) is 0 Å². The first-order valence-corrected chi connectivity index (χ1v) is 20.9. The lowest BCUT2D eigenvalue weighted by molar-refractivity contribution is -0.302. The molecule has 1 aliphatic heterocycles. The summed E-state index contributed by atoms with van der Waals surface area (Å²) in [4.78, 5) is 12.8. The molecule has 1 saturated heterocycles. The highest BCUT2D eigenvalue weighted by atomic mass is 16.7. The average Bonchev–Trinajstić information content (AvgIpc) is 3.11. The molecule has 6 N–H and O–H groups in total. The van der Waals surface area contributed by atoms with Crippen molar-refractivity contribution in [1.29, 1.82) is 0 Å². The van der Waals surface area contributed by atoms with Gasteiger partial charge in [0, 0.05) is 6.42 Å². The summed E-state index contributed by atoms with van der Waals surface area (Å²) in [6.07, 6.45) is 28.3. The highest BCUT2D eigenvalue weighted by molar-refractivity contribution is 5.76. The number of unbranched alkanes of at least 4 members (excludes halogenated alkanes) is 24. The molecular weight excluding hydrogens is 634 g/mol. The third-order valence-corrected chi connectivity index (χ3v) is 10.1. The molecule has 0 saturated carbocycles. The minimum absolute atomic E-state index is 0.179. The number of rotatable bonds is 34. The van der Waals surface area contributed by atoms with Crippen molar-refractivity contribution < 1.29 is 39.8 Å². The van der Waals surface area contributed by atoms with Crippen LogP contribution < -0.4 is 5.32 Å². The van der Waals surface area contributed by atoms with E-state index >= 15 is 0 Å². The maximum atomic E-state index is 12.8. The second-order valence-corrected chi connectivity index (χ2v) is 14.8. The number of aliphatic hydroxyl groups is 5. The molecule has 1 heterocycles. The van der Waals surface area contributed by atoms with E-state index < -0.39 is 49.5 Å². The van der Waals surface area contributed by atoms with Gasteiger partial charge in [-0.25, -0.2) is 0 Å². The monoisotopic (exact) mass is 714 g/mol. The van der Waals surface area contributed by atoms with Crippen molar-refractivity contribution in [2.24, 2.45) is 0 Å². The number of amides is 1. The molecule has 296 valence electrons. The van der Waals surface area contributed by atoms with Gasteiger partial charge in [0.05, 0.1) is 25.4 Å². The zero-order chi connectivity index (χ0) is 36.7. The van der Waals surface area contributed by atoms with E-state index in [1.54, 1.807) is 6.08 Å². The Labute approximate surface area is 306 Å². The molecule has 9 nitrogen and oxygen atoms in total. The minimum atomic E-state index is -1.56. The van der Waals surface area contributed by atoms with Crippen LogP contribution in [0, 0.1) is 0 Å². The van der Waals surface area contributed by atoms with Crippen LogP contribution in [-0.4, -0.2) is 87.5 Å². The number of hydrogen-bond donors (Lipinski definition) is 6. The van der Waals surface area contributed by atoms with E-state index in [0.717, 1.165) is 38.5 Å². The molecule has 1 aliphatic rings. The van der Waals surface area contributed by atoms with Gasteiger partial charge in [0.15, 0.2) is 6.29 Å². The Kier molecular flexibility index (Phi) is 30.6. The number of hydrogen-bond acceptors (Lipinski definition) is 8. The Balaban J connectivity index is 2.39. The maximum absolute atomic E-state index is 12.8. The van der Waals surface area contributed by atoms with Crippen LogP contribution in [0.2, 0.25) is 0 Å². The zero-order valence-corrected chi connectivity index (χ0v) is 32.2. The summed E-state index contributed by atoms with van der Waals surface area (Å²) < 4.78 is 11.2. The molecule has 50 heavy (non-hydrogen) atoms. The molecule has 1 amide bonds. The summed E-state index contributed by atoms with van der Waals surface area (Å²) in [7, 11) is 0. The Bertz CT molecular complexity index is 797. The second-order valence-electron chi connectivity index (χ2n) is 14.8. The van der Waals surface area contributed by atoms with Crippen molar-refractivity contribution in [3.05, 3.63) is 12.2 Å². The molecule has 0 spiro atoms. The summed E-state index contributed by atoms with van der Waals surface area (Å²) >= 11 is 0. The van der Waals surface area contributed by atoms with Gasteiger partial charge in [0.25, 0.3) is 0 Å². The van der Waals surface area contributed by atoms with Crippen LogP contribution in [0.25, 0.3) is 0 Å². The van der Waals surface area contributed by atoms with Crippen molar-refractivity contribution in [2.45, 2.75) is 230 Å². The molecule has 1 rings (SSSR count). The Morgan fingerprint density at radius 1 is 0.660 bits per heavy atom. The smallest absolute Gasteiger partial charge is 0.220 e. The SMILES string of the molecule is CCCCCCCCCCCCCCCCC/C=C/[C@@H](O)[C@H](CO[C@@H]1O[C@H](CO)[C@@H](O)C(O)C1O)NC(=O)CCCCCCCCCCCC. The fraction of sp³-hybridized carbons (Fsp3) is 0.927. The van der Waals surface area contributed by atoms with Crippen LogP contribution in [-0.2, 0) is 14.3 Å². The van der Waals surface area contributed by atoms with Gasteiger partial charge in [-0.15, -0.1) is 0 Å². The summed E-state index contributed by atoms with van der Waals surface area (Å²) in [5, 5.41) is 54.0. The normalized spacial score (nSPS) is 22.3. The van der Waals surface area contributed by atoms with Gasteiger partial charge in [-0.2, -0.15) is 0 Å². The molecule has 0 radical (unpaired) electrons. The molecule has 0 aliphatic carbocycles. The first kappa shape index (κ1) is 47.0. The largest absolute Gasteiger partial charge is 0.394 e. The lowest BCUT2D eigenvalue weighted by Gasteiger charge is -2.40. The molecule has 0 aromatic rings. The van der Waals surface area contributed by atoms with Gasteiger partial charge in [-0.1, -0.05) is 174 Å². The van der Waals surface area contributed by atoms with Gasteiger partial charge in [0.1, 0.15) is 24.4 Å². The minimum Gasteiger partial charge on any atom is -0.394 e. The first-order valence-electron chi connectivity index (χ1n) is 20.9. The van der Waals surface area contributed by atoms with E-state index in [9.17, 15) is 30.3 Å². The van der Waals surface area contributed by atoms with Crippen molar-refractivity contribution in [3.63, 3.8) is 0 Å². The highest BCUT2D eigenvalue weighted by Gasteiger charge is 2.44. The van der Waals surface area contributed by atoms with Crippen molar-refractivity contribution in [1.82, 2.24) is 5.32 Å². The zero-order valence-electron chi connectivity index (χ0n) is 32.2. The molecule has 1 fully saturated rings. The second kappa shape index (κ2) is 32.6. The number of allylic oxidation sites excluding steroid dienone is 1. The number of aliphatic hydroxyl groups excluding tert-OH is 5. The Morgan fingerprint density at radius 3 is 1.56 bits per heavy atom. The quantitative estimate of drug-likeness (QED) is 0.0293. The van der Waals surface area contributed by atoms with Gasteiger partial charge < -0.3 is 40.3 Å². The van der Waals surface area contributed by atoms with Gasteiger partial charge in [-0.05, 0) is 19.3 Å². The molecule has 0 bridgehead atoms. The number of ether oxygens (including phenoxy) is 2. The van der Waals surface area contributed by atoms with E-state index in [-0.39, 0.29) is 12.5 Å². The standard InChI is InChI=1S/C41H79NO8/c1-3-5-7-9-11-13-15-16-17-18-19-20-21-22-24-26-28-30-35(44)34(33-49-41-40(48)39(47)38(46)36(32-43)50-41)42-37(45)31-29-27-25-23-14-12-10-8-6-4-2/h28,30,34-36,38-41,43-44,46-48H,3-27,29,31-33H2,1-2H3,(H,42,45)/b30-28+/t34-,35+,36+,38+,39?,40?,41+/m0/s1. The number of nitrogens with one attached hydrogen (secondary N) is 1. The fourth-order valence-electron chi connectivity index (χ4n) is 6.68. The molecule has 7 atom stereocenters. The van der Waals surface area contributed by atoms with Gasteiger partial charge >= 0.3 is 0 Å². The van der Waals surface area contributed by atoms with Crippen LogP contribution in [0.1, 0.15) is 187 Å². The van der Waals surface area contributed by atoms with E-state index in [1.807, 2.05) is 6.08 Å². The molecular formula is C41H79NO8. The Hall–Kier alpha value is -1.07. The van der Waals surface area contributed by atoms with Crippen LogP contribution in [0.3, 0.4) is 0 Å². The van der Waals surface area contributed by atoms with Crippen LogP contribution in [0.4, 0.5) is 0 Å². The molecule has 0 aromatic carbocycles. The van der Waals surface area contributed by atoms with Crippen molar-refractivity contribution >= 4 is 5.91 Å². The van der Waals surface area contributed by atoms with E-state index in [4.69, 9.17) is 9.47 Å². The number of carbonyl (C=O) groups is 1. The van der Waals surface area contributed by atoms with Crippen LogP contribution in [0.15, 0.2) is 12.2 Å².